The fourth-order valence-corrected chi connectivity index (χ4v) is 0.0796. The molecule has 8 nitrogen and oxygen atoms in total. The van der Waals surface area contributed by atoms with Gasteiger partial charge >= 0.3 is 59.1 Å². The molecule has 0 radical (unpaired) electrons. The van der Waals surface area contributed by atoms with Gasteiger partial charge in [0, 0.05) is 11.9 Å². The van der Waals surface area contributed by atoms with Gasteiger partial charge in [-0.25, -0.2) is 0 Å². The van der Waals surface area contributed by atoms with E-state index in [-0.39, 0.29) is 71.2 Å². The van der Waals surface area contributed by atoms with Gasteiger partial charge in [0.1, 0.15) is 6.61 Å². The van der Waals surface area contributed by atoms with Gasteiger partial charge in [0.25, 0.3) is 0 Å². The molecule has 0 aromatic carbocycles. The molecule has 2 N–H and O–H groups in total. The average molecular weight is 264 g/mol. The number of aliphatic hydroxyl groups is 1. The van der Waals surface area contributed by atoms with Gasteiger partial charge in [0.05, 0.1) is 10.6 Å². The van der Waals surface area contributed by atoms with Crippen LogP contribution in [0.15, 0.2) is 21.2 Å². The number of nitrogens with zero attached hydrogens (tertiary/aromatic N) is 4. The van der Waals surface area contributed by atoms with E-state index in [2.05, 4.69) is 10.1 Å². The molecule has 0 bridgehead atoms. The van der Waals surface area contributed by atoms with E-state index < -0.39 is 0 Å². The zero-order chi connectivity index (χ0) is 10.9. The Bertz CT molecular complexity index is 120. The summed E-state index contributed by atoms with van der Waals surface area (Å²) < 4.78 is 20.4. The largest absolute Gasteiger partial charge is 1.00 e. The minimum absolute atomic E-state index is 0. The molecule has 0 rings (SSSR count). The van der Waals surface area contributed by atoms with Crippen molar-refractivity contribution in [2.75, 3.05) is 13.2 Å². The summed E-state index contributed by atoms with van der Waals surface area (Å²) in [6.07, 6.45) is 0. The number of hydrogen-bond acceptors (Lipinski definition) is 8. The fraction of sp³-hybridized carbons (Fsp3) is 1.00. The Hall–Kier alpha value is 0.580. The molecule has 0 spiro atoms. The summed E-state index contributed by atoms with van der Waals surface area (Å²) in [4.78, 5) is 4.07. The van der Waals surface area contributed by atoms with E-state index in [4.69, 9.17) is 10.3 Å². The van der Waals surface area contributed by atoms with Crippen molar-refractivity contribution in [2.45, 2.75) is 13.8 Å². The average Bonchev–Trinajstić information content (AvgIpc) is 2.16. The maximum Gasteiger partial charge on any atom is 1.00 e. The van der Waals surface area contributed by atoms with Crippen molar-refractivity contribution >= 4 is 0 Å². The van der Waals surface area contributed by atoms with Crippen molar-refractivity contribution < 1.29 is 83.5 Å². The van der Waals surface area contributed by atoms with Crippen molar-refractivity contribution in [1.82, 2.24) is 0 Å². The Morgan fingerprint density at radius 3 is 1.56 bits per heavy atom. The second kappa shape index (κ2) is 57.6. The minimum atomic E-state index is 0. The second-order valence-electron chi connectivity index (χ2n) is 1.05. The number of rotatable bonds is 2. The van der Waals surface area contributed by atoms with Crippen LogP contribution < -0.4 is 59.1 Å². The van der Waals surface area contributed by atoms with Crippen LogP contribution in [0, 0.1) is 5.21 Å². The molecule has 0 fully saturated rings. The zero-order valence-electron chi connectivity index (χ0n) is 9.67. The normalized spacial score (nSPS) is 7.06. The van der Waals surface area contributed by atoms with Crippen molar-refractivity contribution in [3.63, 3.8) is 0 Å². The maximum absolute atomic E-state index is 10.5. The summed E-state index contributed by atoms with van der Waals surface area (Å²) in [5, 5.41) is 23.1. The molecule has 0 aromatic rings. The van der Waals surface area contributed by atoms with E-state index in [0.29, 0.717) is 6.61 Å². The number of aliphatic hydroxyl groups excluding tert-OH is 1. The van der Waals surface area contributed by atoms with Gasteiger partial charge in [-0.3, -0.25) is 0 Å². The molecule has 12 heteroatoms. The molecule has 0 atom stereocenters. The van der Waals surface area contributed by atoms with Gasteiger partial charge in [0.15, 0.2) is 0 Å². The summed E-state index contributed by atoms with van der Waals surface area (Å²) in [5.41, 5.74) is 0. The summed E-state index contributed by atoms with van der Waals surface area (Å²) in [6.45, 7) is 3.97. The number of halogens is 2. The third-order valence-corrected chi connectivity index (χ3v) is 0.249. The van der Waals surface area contributed by atoms with Gasteiger partial charge in [-0.05, 0) is 13.8 Å². The third kappa shape index (κ3) is 128. The Balaban J connectivity index is -0.0000000226. The Morgan fingerprint density at radius 2 is 1.50 bits per heavy atom. The fourth-order valence-electron chi connectivity index (χ4n) is 0.0796. The Kier molecular flexibility index (Phi) is 130. The second-order valence-corrected chi connectivity index (χ2v) is 1.05. The first-order chi connectivity index (χ1) is 6.24. The molecule has 0 unspecified atom stereocenters. The van der Waals surface area contributed by atoms with Gasteiger partial charge < -0.3 is 20.6 Å². The third-order valence-electron chi connectivity index (χ3n) is 0.249. The minimum Gasteiger partial charge on any atom is -0.870 e. The summed E-state index contributed by atoms with van der Waals surface area (Å²) >= 11 is 0. The van der Waals surface area contributed by atoms with E-state index >= 15 is 0 Å². The number of hydrogen-bond donors (Lipinski definition) is 1. The predicted molar refractivity (Wildman–Crippen MR) is 41.6 cm³/mol. The molecule has 88 valence electrons. The molecule has 0 saturated carbocycles. The Morgan fingerprint density at radius 1 is 1.19 bits per heavy atom. The van der Waals surface area contributed by atoms with Crippen LogP contribution in [-0.2, 0) is 4.84 Å². The van der Waals surface area contributed by atoms with Crippen molar-refractivity contribution in [2.24, 2.45) is 21.2 Å². The Labute approximate surface area is 136 Å². The molecule has 16 heavy (non-hydrogen) atoms. The van der Waals surface area contributed by atoms with Crippen molar-refractivity contribution in [3.05, 3.63) is 5.21 Å². The molecule has 0 saturated heterocycles. The van der Waals surface area contributed by atoms with Gasteiger partial charge in [-0.15, -0.1) is 0 Å². The van der Waals surface area contributed by atoms with Crippen molar-refractivity contribution in [1.29, 1.82) is 0 Å². The molecule has 0 heterocycles. The SMILES string of the molecule is CCO.CCON=NF.[Na+].[Na+].[O-]N=NF.[OH-]. The topological polar surface area (TPSA) is 132 Å². The van der Waals surface area contributed by atoms with Gasteiger partial charge in [-0.2, -0.15) is 5.28 Å². The summed E-state index contributed by atoms with van der Waals surface area (Å²) in [7, 11) is 0. The molecule has 0 aromatic heterocycles. The molecule has 0 aliphatic rings. The van der Waals surface area contributed by atoms with E-state index in [9.17, 15) is 8.96 Å². The molecular formula is C4H12F2N4Na2O4. The smallest absolute Gasteiger partial charge is 0.870 e. The van der Waals surface area contributed by atoms with Crippen LogP contribution >= 0.6 is 0 Å². The molecule has 0 amide bonds. The van der Waals surface area contributed by atoms with E-state index in [1.165, 1.54) is 10.6 Å². The van der Waals surface area contributed by atoms with E-state index in [1.807, 2.05) is 5.34 Å². The van der Waals surface area contributed by atoms with Crippen LogP contribution in [0.3, 0.4) is 0 Å². The van der Waals surface area contributed by atoms with Gasteiger partial charge in [0.2, 0.25) is 0 Å². The monoisotopic (exact) mass is 264 g/mol. The summed E-state index contributed by atoms with van der Waals surface area (Å²) in [6, 6.07) is 0. The van der Waals surface area contributed by atoms with Crippen LogP contribution in [0.4, 0.5) is 8.96 Å². The molecule has 0 aliphatic heterocycles. The molecule has 0 aliphatic carbocycles. The van der Waals surface area contributed by atoms with Crippen LogP contribution in [0.1, 0.15) is 13.8 Å². The van der Waals surface area contributed by atoms with E-state index in [0.717, 1.165) is 0 Å². The molecular weight excluding hydrogens is 252 g/mol. The van der Waals surface area contributed by atoms with Crippen molar-refractivity contribution in [3.8, 4) is 0 Å². The van der Waals surface area contributed by atoms with Crippen LogP contribution in [-0.4, -0.2) is 23.8 Å². The van der Waals surface area contributed by atoms with Crippen LogP contribution in [0.5, 0.6) is 0 Å². The predicted octanol–water partition coefficient (Wildman–Crippen LogP) is -4.07. The van der Waals surface area contributed by atoms with Gasteiger partial charge in [-0.1, -0.05) is 8.96 Å². The first-order valence-electron chi connectivity index (χ1n) is 3.12. The first kappa shape index (κ1) is 36.0. The van der Waals surface area contributed by atoms with Crippen LogP contribution in [0.2, 0.25) is 0 Å². The van der Waals surface area contributed by atoms with E-state index in [1.54, 1.807) is 13.8 Å². The summed E-state index contributed by atoms with van der Waals surface area (Å²) in [5.74, 6) is 0. The standard InChI is InChI=1S/C2H5FN2O.C2H6O.FHN2O.2Na.H2O/c1-2-6-5-4-3;1-2-3;1-2-3-4;;;/h2H2,1H3;3H,2H2,1H3;(H,2,4);;;1H2/q;;;2*+1;/p-2. The van der Waals surface area contributed by atoms with Crippen LogP contribution in [0.25, 0.3) is 0 Å². The quantitative estimate of drug-likeness (QED) is 0.308. The first-order valence-corrected chi connectivity index (χ1v) is 3.12. The maximum atomic E-state index is 10.5. The zero-order valence-corrected chi connectivity index (χ0v) is 13.7.